The number of carbonyl (C=O) groups is 1. The number of fused-ring (bicyclic) bond motifs is 1. The zero-order valence-corrected chi connectivity index (χ0v) is 24.9. The summed E-state index contributed by atoms with van der Waals surface area (Å²) in [5.74, 6) is 0.0745. The molecule has 13 heteroatoms. The number of hydrogen-bond acceptors (Lipinski definition) is 6. The number of aryl methyl sites for hydroxylation is 1. The molecule has 44 heavy (non-hydrogen) atoms. The fourth-order valence-electron chi connectivity index (χ4n) is 5.22. The third kappa shape index (κ3) is 6.87. The largest absolute Gasteiger partial charge is 0.495 e. The van der Waals surface area contributed by atoms with E-state index in [1.54, 1.807) is 22.9 Å². The molecule has 3 aromatic heterocycles. The van der Waals surface area contributed by atoms with Crippen molar-refractivity contribution < 1.29 is 27.4 Å². The Kier molecular flexibility index (Phi) is 8.93. The predicted octanol–water partition coefficient (Wildman–Crippen LogP) is 5.88. The summed E-state index contributed by atoms with van der Waals surface area (Å²) in [5, 5.41) is 9.45. The number of alkyl halides is 3. The lowest BCUT2D eigenvalue weighted by atomic mass is 9.95. The van der Waals surface area contributed by atoms with Gasteiger partial charge in [-0.15, -0.1) is 0 Å². The van der Waals surface area contributed by atoms with Gasteiger partial charge < -0.3 is 14.0 Å². The number of Topliss-reactive ketones (excluding diaryl/α,β-unsaturated/α-hetero) is 1. The molecule has 0 spiro atoms. The van der Waals surface area contributed by atoms with E-state index in [2.05, 4.69) is 10.2 Å². The van der Waals surface area contributed by atoms with Crippen molar-refractivity contribution in [1.82, 2.24) is 24.1 Å². The van der Waals surface area contributed by atoms with Crippen molar-refractivity contribution in [2.75, 3.05) is 20.8 Å². The molecule has 1 unspecified atom stereocenters. The number of nitrogens with zero attached hydrogens (tertiary/aromatic N) is 5. The number of pyridine rings is 1. The number of ketones is 1. The van der Waals surface area contributed by atoms with Crippen molar-refractivity contribution in [3.05, 3.63) is 88.2 Å². The number of benzene rings is 2. The first kappa shape index (κ1) is 31.0. The summed E-state index contributed by atoms with van der Waals surface area (Å²) >= 11 is 6.32. The molecule has 0 aliphatic carbocycles. The maximum Gasteiger partial charge on any atom is 0.408 e. The number of methoxy groups -OCH3 is 2. The molecule has 1 atom stereocenters. The Labute approximate surface area is 255 Å². The smallest absolute Gasteiger partial charge is 0.408 e. The fraction of sp³-hybridized carbons (Fsp3) is 0.290. The fourth-order valence-corrected chi connectivity index (χ4v) is 5.39. The second-order valence-corrected chi connectivity index (χ2v) is 10.8. The van der Waals surface area contributed by atoms with Gasteiger partial charge in [0.2, 0.25) is 0 Å². The van der Waals surface area contributed by atoms with Gasteiger partial charge in [0.15, 0.2) is 5.78 Å². The molecule has 230 valence electrons. The van der Waals surface area contributed by atoms with Crippen molar-refractivity contribution in [3.63, 3.8) is 0 Å². The third-order valence-electron chi connectivity index (χ3n) is 7.19. The maximum absolute atomic E-state index is 13.7. The Morgan fingerprint density at radius 3 is 2.55 bits per heavy atom. The van der Waals surface area contributed by atoms with Crippen LogP contribution in [0.4, 0.5) is 13.2 Å². The molecular formula is C31H29ClF3N5O4. The van der Waals surface area contributed by atoms with Gasteiger partial charge in [0, 0.05) is 67.2 Å². The van der Waals surface area contributed by atoms with Crippen LogP contribution in [-0.2, 0) is 29.5 Å². The Hall–Kier alpha value is -4.42. The molecule has 0 aliphatic rings. The van der Waals surface area contributed by atoms with E-state index >= 15 is 0 Å². The van der Waals surface area contributed by atoms with E-state index in [-0.39, 0.29) is 31.0 Å². The highest BCUT2D eigenvalue weighted by molar-refractivity contribution is 6.31. The maximum atomic E-state index is 13.7. The predicted molar refractivity (Wildman–Crippen MR) is 160 cm³/mol. The molecule has 0 radical (unpaired) electrons. The van der Waals surface area contributed by atoms with E-state index in [4.69, 9.17) is 21.1 Å². The summed E-state index contributed by atoms with van der Waals surface area (Å²) in [6.07, 6.45) is 1.81. The van der Waals surface area contributed by atoms with Gasteiger partial charge in [-0.25, -0.2) is 0 Å². The van der Waals surface area contributed by atoms with Crippen LogP contribution in [0.5, 0.6) is 5.75 Å². The van der Waals surface area contributed by atoms with Gasteiger partial charge in [0.05, 0.1) is 31.1 Å². The number of aromatic nitrogens is 5. The van der Waals surface area contributed by atoms with Crippen LogP contribution >= 0.6 is 11.6 Å². The van der Waals surface area contributed by atoms with Crippen LogP contribution < -0.4 is 10.3 Å². The second-order valence-electron chi connectivity index (χ2n) is 10.4. The van der Waals surface area contributed by atoms with Crippen molar-refractivity contribution in [2.24, 2.45) is 7.05 Å². The van der Waals surface area contributed by atoms with E-state index in [0.717, 1.165) is 21.1 Å². The summed E-state index contributed by atoms with van der Waals surface area (Å²) < 4.78 is 53.6. The number of hydrogen-bond donors (Lipinski definition) is 0. The molecule has 3 heterocycles. The minimum atomic E-state index is -4.44. The van der Waals surface area contributed by atoms with Gasteiger partial charge in [-0.05, 0) is 47.4 Å². The first-order valence-electron chi connectivity index (χ1n) is 13.6. The van der Waals surface area contributed by atoms with E-state index in [1.165, 1.54) is 43.4 Å². The van der Waals surface area contributed by atoms with Gasteiger partial charge in [0.1, 0.15) is 12.3 Å². The molecular weight excluding hydrogens is 599 g/mol. The van der Waals surface area contributed by atoms with Crippen LogP contribution in [0, 0.1) is 0 Å². The SMILES string of the molecule is COCCC(C(=O)Cc1ccc2nn(C)cc2c1)n1cc(OC)c(-c2cc(Cl)ccc2-c2cnn(CC(F)(F)F)c2)cc1=O. The topological polar surface area (TPSA) is 93.2 Å². The molecule has 9 nitrogen and oxygen atoms in total. The lowest BCUT2D eigenvalue weighted by Gasteiger charge is -2.21. The van der Waals surface area contributed by atoms with E-state index in [9.17, 15) is 22.8 Å². The van der Waals surface area contributed by atoms with Crippen molar-refractivity contribution >= 4 is 28.3 Å². The van der Waals surface area contributed by atoms with Crippen LogP contribution in [0.2, 0.25) is 5.02 Å². The number of halogens is 4. The van der Waals surface area contributed by atoms with Crippen LogP contribution in [0.15, 0.2) is 72.0 Å². The quantitative estimate of drug-likeness (QED) is 0.182. The summed E-state index contributed by atoms with van der Waals surface area (Å²) in [5.41, 5.74) is 2.82. The Balaban J connectivity index is 1.53. The van der Waals surface area contributed by atoms with Gasteiger partial charge in [-0.1, -0.05) is 23.7 Å². The van der Waals surface area contributed by atoms with Crippen molar-refractivity contribution in [1.29, 1.82) is 0 Å². The highest BCUT2D eigenvalue weighted by Crippen LogP contribution is 2.38. The Morgan fingerprint density at radius 2 is 1.82 bits per heavy atom. The molecule has 0 N–H and O–H groups in total. The van der Waals surface area contributed by atoms with Gasteiger partial charge in [0.25, 0.3) is 5.56 Å². The van der Waals surface area contributed by atoms with Crippen molar-refractivity contribution in [3.8, 4) is 28.0 Å². The average Bonchev–Trinajstić information content (AvgIpc) is 3.57. The van der Waals surface area contributed by atoms with Crippen LogP contribution in [0.1, 0.15) is 18.0 Å². The van der Waals surface area contributed by atoms with E-state index < -0.39 is 24.3 Å². The van der Waals surface area contributed by atoms with Crippen LogP contribution in [0.25, 0.3) is 33.2 Å². The van der Waals surface area contributed by atoms with Gasteiger partial charge >= 0.3 is 6.18 Å². The molecule has 0 bridgehead atoms. The normalized spacial score (nSPS) is 12.5. The van der Waals surface area contributed by atoms with Gasteiger partial charge in [-0.2, -0.15) is 23.4 Å². The number of carbonyl (C=O) groups excluding carboxylic acids is 1. The minimum Gasteiger partial charge on any atom is -0.495 e. The van der Waals surface area contributed by atoms with Crippen LogP contribution in [-0.4, -0.2) is 56.9 Å². The van der Waals surface area contributed by atoms with Crippen molar-refractivity contribution in [2.45, 2.75) is 31.6 Å². The van der Waals surface area contributed by atoms with Gasteiger partial charge in [-0.3, -0.25) is 19.0 Å². The molecule has 2 aromatic carbocycles. The zero-order chi connectivity index (χ0) is 31.6. The molecule has 0 aliphatic heterocycles. The molecule has 0 amide bonds. The number of rotatable bonds is 11. The molecule has 0 saturated heterocycles. The number of ether oxygens (including phenoxy) is 2. The first-order valence-corrected chi connectivity index (χ1v) is 14.0. The monoisotopic (exact) mass is 627 g/mol. The lowest BCUT2D eigenvalue weighted by molar-refractivity contribution is -0.142. The molecule has 5 aromatic rings. The van der Waals surface area contributed by atoms with E-state index in [0.29, 0.717) is 27.3 Å². The molecule has 0 fully saturated rings. The Bertz CT molecular complexity index is 1880. The third-order valence-corrected chi connectivity index (χ3v) is 7.42. The Morgan fingerprint density at radius 1 is 1.02 bits per heavy atom. The van der Waals surface area contributed by atoms with Crippen LogP contribution in [0.3, 0.4) is 0 Å². The molecule has 5 rings (SSSR count). The summed E-state index contributed by atoms with van der Waals surface area (Å²) in [7, 11) is 4.76. The summed E-state index contributed by atoms with van der Waals surface area (Å²) in [6.45, 7) is -1.02. The highest BCUT2D eigenvalue weighted by Gasteiger charge is 2.29. The average molecular weight is 628 g/mol. The molecule has 0 saturated carbocycles. The highest BCUT2D eigenvalue weighted by atomic mass is 35.5. The first-order chi connectivity index (χ1) is 21.0. The standard InChI is InChI=1S/C31H29ClF3N5O4/c1-38-15-20-10-19(4-7-26(20)37-38)11-28(41)27(8-9-43-2)40-17-29(44-3)25(13-30(40)42)24-12-22(32)5-6-23(24)21-14-36-39(16-21)18-31(33,34)35/h4-7,10,12-17,27H,8-9,11,18H2,1-3H3. The zero-order valence-electron chi connectivity index (χ0n) is 24.1. The minimum absolute atomic E-state index is 0.0794. The summed E-state index contributed by atoms with van der Waals surface area (Å²) in [6, 6.07) is 10.9. The summed E-state index contributed by atoms with van der Waals surface area (Å²) in [4.78, 5) is 27.3. The lowest BCUT2D eigenvalue weighted by Crippen LogP contribution is -2.31. The second kappa shape index (κ2) is 12.7. The van der Waals surface area contributed by atoms with E-state index in [1.807, 2.05) is 31.4 Å².